The van der Waals surface area contributed by atoms with E-state index in [1.54, 1.807) is 6.26 Å². The first kappa shape index (κ1) is 19.7. The Morgan fingerprint density at radius 3 is 2.84 bits per heavy atom. The van der Waals surface area contributed by atoms with Crippen LogP contribution in [0, 0.1) is 6.92 Å². The zero-order chi connectivity index (χ0) is 21.2. The van der Waals surface area contributed by atoms with Crippen LogP contribution in [0.2, 0.25) is 0 Å². The van der Waals surface area contributed by atoms with Crippen molar-refractivity contribution in [3.05, 3.63) is 75.7 Å². The highest BCUT2D eigenvalue weighted by Gasteiger charge is 2.25. The van der Waals surface area contributed by atoms with E-state index in [2.05, 4.69) is 20.5 Å². The van der Waals surface area contributed by atoms with Crippen LogP contribution in [0.4, 0.5) is 0 Å². The third-order valence-electron chi connectivity index (χ3n) is 6.25. The summed E-state index contributed by atoms with van der Waals surface area (Å²) in [5.74, 6) is 1.74. The summed E-state index contributed by atoms with van der Waals surface area (Å²) in [5, 5.41) is 13.6. The second-order valence-electron chi connectivity index (χ2n) is 8.50. The van der Waals surface area contributed by atoms with Gasteiger partial charge < -0.3 is 14.3 Å². The van der Waals surface area contributed by atoms with Crippen LogP contribution in [0.3, 0.4) is 0 Å². The Labute approximate surface area is 179 Å². The van der Waals surface area contributed by atoms with Crippen molar-refractivity contribution in [1.82, 2.24) is 25.2 Å². The van der Waals surface area contributed by atoms with Crippen molar-refractivity contribution in [2.24, 2.45) is 0 Å². The summed E-state index contributed by atoms with van der Waals surface area (Å²) in [6.07, 6.45) is 6.36. The quantitative estimate of drug-likeness (QED) is 0.479. The summed E-state index contributed by atoms with van der Waals surface area (Å²) in [7, 11) is 0. The fourth-order valence-corrected chi connectivity index (χ4v) is 4.66. The average molecular weight is 420 g/mol. The van der Waals surface area contributed by atoms with E-state index in [4.69, 9.17) is 4.42 Å². The van der Waals surface area contributed by atoms with Crippen LogP contribution in [0.1, 0.15) is 54.4 Å². The monoisotopic (exact) mass is 419 g/mol. The second-order valence-corrected chi connectivity index (χ2v) is 8.50. The molecule has 160 valence electrons. The summed E-state index contributed by atoms with van der Waals surface area (Å²) in [6.45, 7) is 3.83. The number of benzene rings is 1. The highest BCUT2D eigenvalue weighted by Crippen LogP contribution is 2.28. The van der Waals surface area contributed by atoms with Crippen LogP contribution in [0.25, 0.3) is 10.9 Å². The number of furan rings is 1. The molecule has 1 aliphatic carbocycles. The van der Waals surface area contributed by atoms with Crippen LogP contribution in [-0.4, -0.2) is 25.2 Å². The Bertz CT molecular complexity index is 1220. The lowest BCUT2D eigenvalue weighted by molar-refractivity contribution is -0.942. The first-order valence-electron chi connectivity index (χ1n) is 10.9. The van der Waals surface area contributed by atoms with Gasteiger partial charge in [-0.3, -0.25) is 4.79 Å². The minimum absolute atomic E-state index is 0.0471. The van der Waals surface area contributed by atoms with E-state index in [1.807, 2.05) is 48.0 Å². The van der Waals surface area contributed by atoms with Crippen molar-refractivity contribution in [1.29, 1.82) is 0 Å². The predicted molar refractivity (Wildman–Crippen MR) is 115 cm³/mol. The zero-order valence-corrected chi connectivity index (χ0v) is 17.7. The number of pyridine rings is 1. The zero-order valence-electron chi connectivity index (χ0n) is 17.7. The van der Waals surface area contributed by atoms with Crippen LogP contribution in [0.15, 0.2) is 51.9 Å². The molecule has 8 heteroatoms. The van der Waals surface area contributed by atoms with Gasteiger partial charge in [0.2, 0.25) is 5.82 Å². The van der Waals surface area contributed by atoms with Gasteiger partial charge in [0.15, 0.2) is 5.76 Å². The number of H-pyrrole nitrogens is 1. The summed E-state index contributed by atoms with van der Waals surface area (Å²) in [6, 6.07) is 12.3. The number of aryl methyl sites for hydroxylation is 1. The van der Waals surface area contributed by atoms with Crippen LogP contribution < -0.4 is 10.5 Å². The van der Waals surface area contributed by atoms with Crippen molar-refractivity contribution < 1.29 is 9.32 Å². The van der Waals surface area contributed by atoms with Crippen molar-refractivity contribution >= 4 is 10.9 Å². The number of para-hydroxylation sites is 1. The van der Waals surface area contributed by atoms with Crippen molar-refractivity contribution in [3.63, 3.8) is 0 Å². The lowest BCUT2D eigenvalue weighted by atomic mass is 10.1. The van der Waals surface area contributed by atoms with E-state index >= 15 is 0 Å². The van der Waals surface area contributed by atoms with Gasteiger partial charge in [-0.2, -0.15) is 0 Å². The van der Waals surface area contributed by atoms with Gasteiger partial charge in [-0.05, 0) is 59.3 Å². The Hall–Kier alpha value is -3.26. The Morgan fingerprint density at radius 1 is 1.16 bits per heavy atom. The maximum atomic E-state index is 12.9. The summed E-state index contributed by atoms with van der Waals surface area (Å²) in [4.78, 5) is 17.1. The number of hydrogen-bond acceptors (Lipinski definition) is 5. The molecule has 8 nitrogen and oxygen atoms in total. The van der Waals surface area contributed by atoms with Crippen LogP contribution in [0.5, 0.6) is 0 Å². The highest BCUT2D eigenvalue weighted by atomic mass is 16.3. The van der Waals surface area contributed by atoms with Gasteiger partial charge in [-0.1, -0.05) is 31.0 Å². The van der Waals surface area contributed by atoms with Crippen molar-refractivity contribution in [2.75, 3.05) is 0 Å². The van der Waals surface area contributed by atoms with Crippen molar-refractivity contribution in [2.45, 2.75) is 58.3 Å². The van der Waals surface area contributed by atoms with E-state index in [0.29, 0.717) is 25.7 Å². The topological polar surface area (TPSA) is 94.0 Å². The maximum Gasteiger partial charge on any atom is 0.257 e. The van der Waals surface area contributed by atoms with Crippen LogP contribution >= 0.6 is 0 Å². The molecule has 1 aromatic carbocycles. The van der Waals surface area contributed by atoms with Crippen LogP contribution in [-0.2, 0) is 19.6 Å². The third-order valence-corrected chi connectivity index (χ3v) is 6.25. The lowest BCUT2D eigenvalue weighted by Gasteiger charge is -2.19. The Morgan fingerprint density at radius 2 is 2.03 bits per heavy atom. The molecule has 0 saturated heterocycles. The van der Waals surface area contributed by atoms with E-state index in [9.17, 15) is 4.79 Å². The Balaban J connectivity index is 1.45. The molecule has 1 atom stereocenters. The SMILES string of the molecule is Cc1cccc2cc(C[NH+](Cc3ccco3)Cc3nnnn3C3CCCC3)c(=O)[nH]c12. The first-order chi connectivity index (χ1) is 15.2. The number of aromatic amines is 1. The van der Waals surface area contributed by atoms with Gasteiger partial charge in [0.25, 0.3) is 5.56 Å². The van der Waals surface area contributed by atoms with Gasteiger partial charge in [-0.25, -0.2) is 4.68 Å². The maximum absolute atomic E-state index is 12.9. The molecular weight excluding hydrogens is 392 g/mol. The highest BCUT2D eigenvalue weighted by molar-refractivity contribution is 5.81. The molecule has 2 N–H and O–H groups in total. The molecule has 0 bridgehead atoms. The first-order valence-corrected chi connectivity index (χ1v) is 10.9. The van der Waals surface area contributed by atoms with Crippen molar-refractivity contribution in [3.8, 4) is 0 Å². The molecular formula is C23H27N6O2+. The van der Waals surface area contributed by atoms with Gasteiger partial charge >= 0.3 is 0 Å². The smallest absolute Gasteiger partial charge is 0.257 e. The molecule has 1 saturated carbocycles. The molecule has 0 amide bonds. The molecule has 0 spiro atoms. The van der Waals surface area contributed by atoms with E-state index < -0.39 is 0 Å². The number of aromatic nitrogens is 5. The lowest BCUT2D eigenvalue weighted by Crippen LogP contribution is -3.08. The number of tetrazole rings is 1. The number of quaternary nitrogens is 1. The van der Waals surface area contributed by atoms with Gasteiger partial charge in [0, 0.05) is 0 Å². The molecule has 5 rings (SSSR count). The largest absolute Gasteiger partial charge is 0.463 e. The normalized spacial score (nSPS) is 15.6. The number of nitrogens with one attached hydrogen (secondary N) is 2. The summed E-state index contributed by atoms with van der Waals surface area (Å²) in [5.41, 5.74) is 2.67. The minimum Gasteiger partial charge on any atom is -0.463 e. The molecule has 1 unspecified atom stereocenters. The predicted octanol–water partition coefficient (Wildman–Crippen LogP) is 2.32. The second kappa shape index (κ2) is 8.47. The summed E-state index contributed by atoms with van der Waals surface area (Å²) < 4.78 is 7.59. The fourth-order valence-electron chi connectivity index (χ4n) is 4.66. The number of fused-ring (bicyclic) bond motifs is 1. The molecule has 3 heterocycles. The van der Waals surface area contributed by atoms with Gasteiger partial charge in [-0.15, -0.1) is 5.10 Å². The number of hydrogen-bond donors (Lipinski definition) is 2. The molecule has 1 aliphatic rings. The van der Waals surface area contributed by atoms with Gasteiger partial charge in [0.1, 0.15) is 19.6 Å². The van der Waals surface area contributed by atoms with Gasteiger partial charge in [0.05, 0.1) is 23.4 Å². The molecule has 4 aromatic rings. The molecule has 0 radical (unpaired) electrons. The minimum atomic E-state index is -0.0471. The standard InChI is InChI=1S/C23H26N6O2/c1-16-6-4-7-17-12-18(23(30)24-22(16)17)13-28(14-20-10-5-11-31-20)15-21-25-26-27-29(21)19-8-2-3-9-19/h4-7,10-12,19H,2-3,8-9,13-15H2,1H3,(H,24,30)/p+1. The van der Waals surface area contributed by atoms with E-state index in [-0.39, 0.29) is 5.56 Å². The van der Waals surface area contributed by atoms with E-state index in [0.717, 1.165) is 51.4 Å². The number of rotatable bonds is 7. The molecule has 1 fully saturated rings. The van der Waals surface area contributed by atoms with E-state index in [1.165, 1.54) is 12.8 Å². The molecule has 0 aliphatic heterocycles. The third kappa shape index (κ3) is 4.16. The fraction of sp³-hybridized carbons (Fsp3) is 0.391. The molecule has 3 aromatic heterocycles. The molecule has 31 heavy (non-hydrogen) atoms. The average Bonchev–Trinajstić information content (AvgIpc) is 3.52. The summed E-state index contributed by atoms with van der Waals surface area (Å²) >= 11 is 0. The number of nitrogens with zero attached hydrogens (tertiary/aromatic N) is 4. The Kier molecular flexibility index (Phi) is 5.38.